The van der Waals surface area contributed by atoms with Crippen LogP contribution in [0, 0.1) is 4.77 Å². The first kappa shape index (κ1) is 25.6. The molecule has 0 unspecified atom stereocenters. The largest absolute Gasteiger partial charge is 0.494 e. The summed E-state index contributed by atoms with van der Waals surface area (Å²) in [7, 11) is 0. The molecule has 0 amide bonds. The fourth-order valence-electron chi connectivity index (χ4n) is 4.78. The van der Waals surface area contributed by atoms with Crippen LogP contribution in [0.1, 0.15) is 70.4 Å². The monoisotopic (exact) mass is 509 g/mol. The molecule has 0 radical (unpaired) electrons. The maximum Gasteiger partial charge on any atom is 0.266 e. The maximum atomic E-state index is 13.8. The van der Waals surface area contributed by atoms with Gasteiger partial charge in [0.05, 0.1) is 10.7 Å². The van der Waals surface area contributed by atoms with Crippen molar-refractivity contribution in [1.82, 2.24) is 14.0 Å². The van der Waals surface area contributed by atoms with E-state index in [1.165, 1.54) is 11.3 Å². The smallest absolute Gasteiger partial charge is 0.266 e. The summed E-state index contributed by atoms with van der Waals surface area (Å²) < 4.78 is 3.88. The highest BCUT2D eigenvalue weighted by molar-refractivity contribution is 8.06. The van der Waals surface area contributed by atoms with Gasteiger partial charge in [-0.25, -0.2) is 0 Å². The lowest BCUT2D eigenvalue weighted by Gasteiger charge is -2.25. The van der Waals surface area contributed by atoms with Crippen molar-refractivity contribution in [2.45, 2.75) is 72.4 Å². The molecule has 0 atom stereocenters. The first-order valence-electron chi connectivity index (χ1n) is 12.7. The third-order valence-electron chi connectivity index (χ3n) is 6.67. The molecule has 0 spiro atoms. The molecule has 1 aromatic heterocycles. The van der Waals surface area contributed by atoms with Crippen LogP contribution >= 0.6 is 24.0 Å². The van der Waals surface area contributed by atoms with E-state index in [1.54, 1.807) is 20.9 Å². The second-order valence-corrected chi connectivity index (χ2v) is 10.2. The Morgan fingerprint density at radius 1 is 1.03 bits per heavy atom. The van der Waals surface area contributed by atoms with E-state index in [9.17, 15) is 9.90 Å². The van der Waals surface area contributed by atoms with Crippen molar-refractivity contribution in [2.24, 2.45) is 0 Å². The molecule has 186 valence electrons. The van der Waals surface area contributed by atoms with Crippen LogP contribution in [0.25, 0.3) is 11.3 Å². The van der Waals surface area contributed by atoms with Gasteiger partial charge in [-0.1, -0.05) is 74.9 Å². The highest BCUT2D eigenvalue weighted by atomic mass is 32.2. The van der Waals surface area contributed by atoms with Gasteiger partial charge in [0.1, 0.15) is 5.56 Å². The van der Waals surface area contributed by atoms with Gasteiger partial charge in [-0.2, -0.15) is 0 Å². The van der Waals surface area contributed by atoms with Gasteiger partial charge in [0.15, 0.2) is 4.77 Å². The molecule has 1 aromatic carbocycles. The van der Waals surface area contributed by atoms with E-state index in [4.69, 9.17) is 12.2 Å². The molecular weight excluding hydrogens is 474 g/mol. The van der Waals surface area contributed by atoms with Gasteiger partial charge in [-0.05, 0) is 61.5 Å². The fourth-order valence-corrected chi connectivity index (χ4v) is 6.33. The van der Waals surface area contributed by atoms with E-state index in [1.807, 2.05) is 6.07 Å². The molecule has 4 rings (SSSR count). The van der Waals surface area contributed by atoms with Crippen LogP contribution in [0.5, 0.6) is 5.88 Å². The van der Waals surface area contributed by atoms with Gasteiger partial charge >= 0.3 is 0 Å². The molecule has 0 fully saturated rings. The first-order valence-corrected chi connectivity index (χ1v) is 14.0. The van der Waals surface area contributed by atoms with Gasteiger partial charge in [0.25, 0.3) is 5.56 Å². The zero-order chi connectivity index (χ0) is 24.9. The quantitative estimate of drug-likeness (QED) is 0.364. The molecule has 0 saturated heterocycles. The number of hydrogen-bond donors (Lipinski definition) is 1. The molecule has 2 aliphatic rings. The second-order valence-electron chi connectivity index (χ2n) is 8.97. The SMILES string of the molecule is CCCCn1c(O)c(C2=CCCC2=C2SC=C(c3ccccc3)N2CC)c(=O)n(CCCC)c1=S. The number of thioether (sulfide) groups is 1. The fraction of sp³-hybridized carbons (Fsp3) is 0.429. The van der Waals surface area contributed by atoms with Crippen LogP contribution in [0.2, 0.25) is 0 Å². The van der Waals surface area contributed by atoms with Crippen LogP contribution in [-0.2, 0) is 13.1 Å². The molecule has 1 aliphatic carbocycles. The van der Waals surface area contributed by atoms with Gasteiger partial charge in [-0.15, -0.1) is 0 Å². The summed E-state index contributed by atoms with van der Waals surface area (Å²) in [6.07, 6.45) is 7.54. The van der Waals surface area contributed by atoms with Crippen molar-refractivity contribution in [3.05, 3.63) is 78.7 Å². The number of aromatic nitrogens is 2. The zero-order valence-corrected chi connectivity index (χ0v) is 22.6. The average molecular weight is 510 g/mol. The van der Waals surface area contributed by atoms with Crippen molar-refractivity contribution in [2.75, 3.05) is 6.54 Å². The molecule has 0 bridgehead atoms. The van der Waals surface area contributed by atoms with Crippen LogP contribution in [0.15, 0.2) is 57.2 Å². The summed E-state index contributed by atoms with van der Waals surface area (Å²) in [5.41, 5.74) is 4.57. The minimum atomic E-state index is -0.178. The Bertz CT molecular complexity index is 1290. The lowest BCUT2D eigenvalue weighted by atomic mass is 10.0. The van der Waals surface area contributed by atoms with Gasteiger partial charge in [0, 0.05) is 25.0 Å². The van der Waals surface area contributed by atoms with Crippen molar-refractivity contribution >= 4 is 35.2 Å². The highest BCUT2D eigenvalue weighted by Crippen LogP contribution is 2.47. The number of unbranched alkanes of at least 4 members (excludes halogenated alkanes) is 2. The van der Waals surface area contributed by atoms with E-state index in [2.05, 4.69) is 61.4 Å². The number of hydrogen-bond acceptors (Lipinski definition) is 5. The topological polar surface area (TPSA) is 50.4 Å². The summed E-state index contributed by atoms with van der Waals surface area (Å²) in [5.74, 6) is 0.00901. The minimum Gasteiger partial charge on any atom is -0.494 e. The van der Waals surface area contributed by atoms with Crippen LogP contribution in [0.3, 0.4) is 0 Å². The van der Waals surface area contributed by atoms with Crippen LogP contribution in [-0.4, -0.2) is 25.7 Å². The predicted molar refractivity (Wildman–Crippen MR) is 150 cm³/mol. The molecule has 0 saturated carbocycles. The molecule has 7 heteroatoms. The number of allylic oxidation sites excluding steroid dienone is 3. The van der Waals surface area contributed by atoms with Crippen molar-refractivity contribution in [3.63, 3.8) is 0 Å². The Morgan fingerprint density at radius 2 is 1.71 bits per heavy atom. The summed E-state index contributed by atoms with van der Waals surface area (Å²) in [4.78, 5) is 16.1. The van der Waals surface area contributed by atoms with Crippen LogP contribution in [0.4, 0.5) is 0 Å². The normalized spacial score (nSPS) is 17.7. The molecule has 1 aliphatic heterocycles. The van der Waals surface area contributed by atoms with Gasteiger partial charge in [0.2, 0.25) is 5.88 Å². The van der Waals surface area contributed by atoms with E-state index in [-0.39, 0.29) is 11.4 Å². The maximum absolute atomic E-state index is 13.8. The summed E-state index contributed by atoms with van der Waals surface area (Å²) in [6.45, 7) is 8.38. The lowest BCUT2D eigenvalue weighted by Crippen LogP contribution is -2.29. The van der Waals surface area contributed by atoms with E-state index < -0.39 is 0 Å². The van der Waals surface area contributed by atoms with Crippen molar-refractivity contribution in [1.29, 1.82) is 0 Å². The Kier molecular flexibility index (Phi) is 8.39. The van der Waals surface area contributed by atoms with Crippen LogP contribution < -0.4 is 5.56 Å². The summed E-state index contributed by atoms with van der Waals surface area (Å²) >= 11 is 7.40. The van der Waals surface area contributed by atoms with E-state index in [0.717, 1.165) is 61.2 Å². The lowest BCUT2D eigenvalue weighted by molar-refractivity contribution is 0.386. The number of nitrogens with zero attached hydrogens (tertiary/aromatic N) is 3. The molecule has 5 nitrogen and oxygen atoms in total. The number of aromatic hydroxyl groups is 1. The van der Waals surface area contributed by atoms with Gasteiger partial charge in [-0.3, -0.25) is 13.9 Å². The molecular formula is C28H35N3O2S2. The number of benzene rings is 1. The average Bonchev–Trinajstić information content (AvgIpc) is 3.51. The Balaban J connectivity index is 1.83. The zero-order valence-electron chi connectivity index (χ0n) is 20.9. The molecule has 35 heavy (non-hydrogen) atoms. The molecule has 1 N–H and O–H groups in total. The van der Waals surface area contributed by atoms with E-state index in [0.29, 0.717) is 23.4 Å². The van der Waals surface area contributed by atoms with E-state index >= 15 is 0 Å². The summed E-state index contributed by atoms with van der Waals surface area (Å²) in [5, 5.41) is 14.7. The molecule has 2 heterocycles. The Labute approximate surface area is 217 Å². The third-order valence-corrected chi connectivity index (χ3v) is 8.14. The Hall–Kier alpha value is -2.51. The first-order chi connectivity index (χ1) is 17.0. The third kappa shape index (κ3) is 4.94. The minimum absolute atomic E-state index is 0.00901. The van der Waals surface area contributed by atoms with Crippen molar-refractivity contribution in [3.8, 4) is 5.88 Å². The second kappa shape index (κ2) is 11.5. The Morgan fingerprint density at radius 3 is 2.37 bits per heavy atom. The number of rotatable bonds is 9. The van der Waals surface area contributed by atoms with Crippen molar-refractivity contribution < 1.29 is 5.11 Å². The summed E-state index contributed by atoms with van der Waals surface area (Å²) in [6, 6.07) is 10.4. The highest BCUT2D eigenvalue weighted by Gasteiger charge is 2.31. The predicted octanol–water partition coefficient (Wildman–Crippen LogP) is 7.14. The van der Waals surface area contributed by atoms with Gasteiger partial charge < -0.3 is 10.0 Å². The standard InChI is InChI=1S/C28H35N3O2S2/c1-4-7-17-30-25(32)24(26(33)31(28(30)34)18-8-5-2)21-15-12-16-22(21)27-29(6-3)23(19-35-27)20-13-10-9-11-14-20/h9-11,13-15,19,32H,4-8,12,16-18H2,1-3H3. The molecule has 2 aromatic rings.